The Morgan fingerprint density at radius 3 is 2.28 bits per heavy atom. The van der Waals surface area contributed by atoms with Gasteiger partial charge >= 0.3 is 0 Å². The van der Waals surface area contributed by atoms with Gasteiger partial charge in [0.15, 0.2) is 5.84 Å². The van der Waals surface area contributed by atoms with Gasteiger partial charge in [-0.3, -0.25) is 10.8 Å². The lowest BCUT2D eigenvalue weighted by atomic mass is 10.2. The highest BCUT2D eigenvalue weighted by molar-refractivity contribution is 8.00. The molecular formula is C25H27ClN6S4. The van der Waals surface area contributed by atoms with Gasteiger partial charge in [0.05, 0.1) is 29.5 Å². The molecule has 6 N–H and O–H groups in total. The van der Waals surface area contributed by atoms with E-state index in [9.17, 15) is 0 Å². The van der Waals surface area contributed by atoms with E-state index in [1.54, 1.807) is 52.3 Å². The highest BCUT2D eigenvalue weighted by atomic mass is 35.5. The molecule has 2 heterocycles. The molecule has 0 atom stereocenters. The Bertz CT molecular complexity index is 1320. The van der Waals surface area contributed by atoms with Crippen LogP contribution in [0.15, 0.2) is 86.3 Å². The summed E-state index contributed by atoms with van der Waals surface area (Å²) in [6.07, 6.45) is 4.06. The molecule has 0 unspecified atom stereocenters. The van der Waals surface area contributed by atoms with Gasteiger partial charge in [-0.1, -0.05) is 35.9 Å². The van der Waals surface area contributed by atoms with Crippen molar-refractivity contribution < 1.29 is 0 Å². The quantitative estimate of drug-likeness (QED) is 0.0757. The number of nitrogens with zero attached hydrogens (tertiary/aromatic N) is 2. The first-order valence-electron chi connectivity index (χ1n) is 10.6. The van der Waals surface area contributed by atoms with Crippen LogP contribution in [0.4, 0.5) is 17.1 Å². The van der Waals surface area contributed by atoms with Crippen LogP contribution in [0.2, 0.25) is 5.02 Å². The van der Waals surface area contributed by atoms with Gasteiger partial charge in [-0.15, -0.1) is 46.2 Å². The van der Waals surface area contributed by atoms with Gasteiger partial charge in [0.2, 0.25) is 0 Å². The summed E-state index contributed by atoms with van der Waals surface area (Å²) in [5.41, 5.74) is 17.3. The summed E-state index contributed by atoms with van der Waals surface area (Å²) in [5, 5.41) is 12.5. The molecule has 4 rings (SSSR count). The van der Waals surface area contributed by atoms with E-state index in [1.165, 1.54) is 4.21 Å². The smallest absolute Gasteiger partial charge is 0.161 e. The third-order valence-electron chi connectivity index (χ3n) is 4.81. The topological polar surface area (TPSA) is 104 Å². The first-order chi connectivity index (χ1) is 17.3. The van der Waals surface area contributed by atoms with Gasteiger partial charge < -0.3 is 16.4 Å². The third kappa shape index (κ3) is 7.68. The predicted octanol–water partition coefficient (Wildman–Crippen LogP) is 7.38. The highest BCUT2D eigenvalue weighted by Gasteiger charge is 2.15. The number of anilines is 3. The van der Waals surface area contributed by atoms with Crippen molar-refractivity contribution in [3.05, 3.63) is 87.6 Å². The van der Waals surface area contributed by atoms with Crippen LogP contribution in [0.3, 0.4) is 0 Å². The number of hydrazone groups is 1. The number of hydrogen-bond acceptors (Lipinski definition) is 8. The number of rotatable bonds is 8. The van der Waals surface area contributed by atoms with E-state index >= 15 is 0 Å². The molecule has 0 saturated carbocycles. The summed E-state index contributed by atoms with van der Waals surface area (Å²) in [6.45, 7) is 0. The highest BCUT2D eigenvalue weighted by Crippen LogP contribution is 2.37. The number of amidine groups is 2. The average Bonchev–Trinajstić information content (AvgIpc) is 3.55. The summed E-state index contributed by atoms with van der Waals surface area (Å²) >= 11 is 12.4. The van der Waals surface area contributed by atoms with E-state index in [-0.39, 0.29) is 5.84 Å². The maximum absolute atomic E-state index is 7.67. The minimum atomic E-state index is 0.123. The number of benzene rings is 2. The number of halogens is 1. The fourth-order valence-electron chi connectivity index (χ4n) is 3.00. The SMILES string of the molecule is CSc1cc(N(C)c2ccccc2)c(C(=N)N)s1.CSc1ccc(C(N)=NNc2cccc(Cl)c2)s1. The molecular weight excluding hydrogens is 548 g/mol. The fourth-order valence-corrected chi connectivity index (χ4v) is 6.23. The van der Waals surface area contributed by atoms with Gasteiger partial charge in [0.25, 0.3) is 0 Å². The molecule has 0 amide bonds. The molecule has 0 spiro atoms. The van der Waals surface area contributed by atoms with E-state index in [4.69, 9.17) is 28.5 Å². The Hall–Kier alpha value is -2.63. The number of thiophene rings is 2. The monoisotopic (exact) mass is 574 g/mol. The normalized spacial score (nSPS) is 10.9. The van der Waals surface area contributed by atoms with Crippen molar-refractivity contribution in [2.75, 3.05) is 29.9 Å². The first-order valence-corrected chi connectivity index (χ1v) is 15.1. The predicted molar refractivity (Wildman–Crippen MR) is 164 cm³/mol. The first kappa shape index (κ1) is 27.9. The maximum atomic E-state index is 7.67. The average molecular weight is 575 g/mol. The van der Waals surface area contributed by atoms with Crippen LogP contribution in [0.5, 0.6) is 0 Å². The molecule has 36 heavy (non-hydrogen) atoms. The van der Waals surface area contributed by atoms with E-state index in [1.807, 2.05) is 80.2 Å². The number of nitrogens with one attached hydrogen (secondary N) is 2. The Labute approximate surface area is 233 Å². The van der Waals surface area contributed by atoms with E-state index in [0.717, 1.165) is 31.0 Å². The molecule has 0 saturated heterocycles. The molecule has 0 radical (unpaired) electrons. The van der Waals surface area contributed by atoms with Crippen LogP contribution in [0.25, 0.3) is 0 Å². The lowest BCUT2D eigenvalue weighted by molar-refractivity contribution is 1.21. The molecule has 0 bridgehead atoms. The van der Waals surface area contributed by atoms with E-state index in [0.29, 0.717) is 10.9 Å². The zero-order valence-corrected chi connectivity index (χ0v) is 24.0. The van der Waals surface area contributed by atoms with Gasteiger partial charge in [-0.2, -0.15) is 5.10 Å². The second kappa shape index (κ2) is 13.6. The zero-order valence-electron chi connectivity index (χ0n) is 20.0. The van der Waals surface area contributed by atoms with Crippen molar-refractivity contribution in [2.45, 2.75) is 8.42 Å². The molecule has 0 aliphatic carbocycles. The molecule has 4 aromatic rings. The second-order valence-electron chi connectivity index (χ2n) is 7.23. The summed E-state index contributed by atoms with van der Waals surface area (Å²) in [5.74, 6) is 0.596. The van der Waals surface area contributed by atoms with Gasteiger partial charge in [-0.25, -0.2) is 0 Å². The van der Waals surface area contributed by atoms with E-state index in [2.05, 4.69) is 21.5 Å². The fraction of sp³-hybridized carbons (Fsp3) is 0.120. The van der Waals surface area contributed by atoms with Crippen LogP contribution in [-0.2, 0) is 0 Å². The number of hydrogen-bond donors (Lipinski definition) is 4. The lowest BCUT2D eigenvalue weighted by Gasteiger charge is -2.19. The molecule has 11 heteroatoms. The molecule has 188 valence electrons. The molecule has 0 aliphatic heterocycles. The van der Waals surface area contributed by atoms with Crippen LogP contribution >= 0.6 is 57.8 Å². The minimum absolute atomic E-state index is 0.123. The minimum Gasteiger partial charge on any atom is -0.383 e. The number of thioether (sulfide) groups is 2. The van der Waals surface area contributed by atoms with Crippen LogP contribution < -0.4 is 21.8 Å². The Balaban J connectivity index is 0.000000201. The summed E-state index contributed by atoms with van der Waals surface area (Å²) in [6, 6.07) is 23.5. The summed E-state index contributed by atoms with van der Waals surface area (Å²) < 4.78 is 2.38. The van der Waals surface area contributed by atoms with Gasteiger partial charge in [0.1, 0.15) is 5.84 Å². The molecule has 0 fully saturated rings. The lowest BCUT2D eigenvalue weighted by Crippen LogP contribution is -2.16. The number of nitrogen functional groups attached to an aromatic ring is 1. The van der Waals surface area contributed by atoms with Crippen LogP contribution in [0.1, 0.15) is 9.75 Å². The zero-order chi connectivity index (χ0) is 26.1. The van der Waals surface area contributed by atoms with Crippen molar-refractivity contribution in [2.24, 2.45) is 16.6 Å². The van der Waals surface area contributed by atoms with Gasteiger partial charge in [-0.05, 0) is 61.0 Å². The molecule has 0 aliphatic rings. The number of para-hydroxylation sites is 1. The molecule has 6 nitrogen and oxygen atoms in total. The van der Waals surface area contributed by atoms with Crippen molar-refractivity contribution in [3.63, 3.8) is 0 Å². The van der Waals surface area contributed by atoms with Crippen molar-refractivity contribution in [3.8, 4) is 0 Å². The summed E-state index contributed by atoms with van der Waals surface area (Å²) in [4.78, 5) is 3.84. The maximum Gasteiger partial charge on any atom is 0.161 e. The van der Waals surface area contributed by atoms with Gasteiger partial charge in [0, 0.05) is 17.8 Å². The number of nitrogens with two attached hydrogens (primary N) is 2. The summed E-state index contributed by atoms with van der Waals surface area (Å²) in [7, 11) is 1.99. The standard InChI is InChI=1S/C13H15N3S2.C12H12ClN3S2/c1-16(9-6-4-3-5-7-9)10-8-11(17-2)18-12(10)13(14)15;1-17-11-6-5-10(18-11)12(14)16-15-9-4-2-3-8(13)7-9/h3-8H,1-2H3,(H3,14,15);2-7,15H,1H3,(H2,14,16). The van der Waals surface area contributed by atoms with Crippen LogP contribution in [-0.4, -0.2) is 31.2 Å². The molecule has 2 aromatic heterocycles. The van der Waals surface area contributed by atoms with Crippen molar-refractivity contribution >= 4 is 86.5 Å². The van der Waals surface area contributed by atoms with Crippen molar-refractivity contribution in [1.82, 2.24) is 0 Å². The third-order valence-corrected chi connectivity index (χ3v) is 9.45. The Kier molecular flexibility index (Phi) is 10.6. The van der Waals surface area contributed by atoms with Crippen LogP contribution in [0, 0.1) is 5.41 Å². The Morgan fingerprint density at radius 1 is 0.944 bits per heavy atom. The second-order valence-corrected chi connectivity index (χ2v) is 12.0. The molecule has 2 aromatic carbocycles. The Morgan fingerprint density at radius 2 is 1.67 bits per heavy atom. The largest absolute Gasteiger partial charge is 0.383 e. The van der Waals surface area contributed by atoms with E-state index < -0.39 is 0 Å². The van der Waals surface area contributed by atoms with Crippen molar-refractivity contribution in [1.29, 1.82) is 5.41 Å².